The molecule has 0 aliphatic heterocycles. The van der Waals surface area contributed by atoms with Crippen molar-refractivity contribution in [2.45, 2.75) is 33.1 Å². The second-order valence-corrected chi connectivity index (χ2v) is 7.08. The van der Waals surface area contributed by atoms with Crippen molar-refractivity contribution in [3.63, 3.8) is 0 Å². The van der Waals surface area contributed by atoms with Gasteiger partial charge >= 0.3 is 0 Å². The Bertz CT molecular complexity index is 890. The van der Waals surface area contributed by atoms with Crippen LogP contribution in [0.2, 0.25) is 0 Å². The van der Waals surface area contributed by atoms with Crippen molar-refractivity contribution in [2.75, 3.05) is 5.32 Å². The van der Waals surface area contributed by atoms with E-state index >= 15 is 0 Å². The number of hydrogen-bond donors (Lipinski definition) is 1. The van der Waals surface area contributed by atoms with E-state index in [0.29, 0.717) is 17.0 Å². The summed E-state index contributed by atoms with van der Waals surface area (Å²) < 4.78 is 5.30. The summed E-state index contributed by atoms with van der Waals surface area (Å²) in [6.45, 7) is 8.12. The highest BCUT2D eigenvalue weighted by molar-refractivity contribution is 6.09. The molecule has 1 aromatic heterocycles. The highest BCUT2D eigenvalue weighted by Gasteiger charge is 2.24. The second-order valence-electron chi connectivity index (χ2n) is 7.08. The fourth-order valence-electron chi connectivity index (χ4n) is 2.86. The van der Waals surface area contributed by atoms with Crippen LogP contribution >= 0.6 is 0 Å². The van der Waals surface area contributed by atoms with Gasteiger partial charge in [-0.3, -0.25) is 4.79 Å². The Kier molecular flexibility index (Phi) is 4.45. The van der Waals surface area contributed by atoms with Crippen LogP contribution in [0.15, 0.2) is 59.1 Å². The van der Waals surface area contributed by atoms with E-state index < -0.39 is 0 Å². The maximum Gasteiger partial charge on any atom is 0.261 e. The van der Waals surface area contributed by atoms with Crippen molar-refractivity contribution in [3.05, 3.63) is 71.5 Å². The molecule has 4 nitrogen and oxygen atoms in total. The Labute approximate surface area is 147 Å². The van der Waals surface area contributed by atoms with Crippen LogP contribution in [-0.4, -0.2) is 11.1 Å². The van der Waals surface area contributed by atoms with Gasteiger partial charge in [0.15, 0.2) is 0 Å². The summed E-state index contributed by atoms with van der Waals surface area (Å²) >= 11 is 0. The number of rotatable bonds is 3. The number of aromatic nitrogens is 1. The van der Waals surface area contributed by atoms with E-state index in [2.05, 4.69) is 31.2 Å². The monoisotopic (exact) mass is 334 g/mol. The fraction of sp³-hybridized carbons (Fsp3) is 0.238. The van der Waals surface area contributed by atoms with E-state index in [1.54, 1.807) is 6.92 Å². The van der Waals surface area contributed by atoms with Gasteiger partial charge in [-0.15, -0.1) is 0 Å². The highest BCUT2D eigenvalue weighted by Crippen LogP contribution is 2.31. The van der Waals surface area contributed by atoms with Gasteiger partial charge in [-0.1, -0.05) is 74.5 Å². The molecule has 3 aromatic rings. The van der Waals surface area contributed by atoms with Gasteiger partial charge < -0.3 is 9.84 Å². The van der Waals surface area contributed by atoms with Crippen molar-refractivity contribution in [3.8, 4) is 11.3 Å². The summed E-state index contributed by atoms with van der Waals surface area (Å²) in [5, 5.41) is 7.12. The van der Waals surface area contributed by atoms with Crippen LogP contribution in [0.1, 0.15) is 42.5 Å². The number of carbonyl (C=O) groups excluding carboxylic acids is 1. The normalized spacial score (nSPS) is 11.4. The fourth-order valence-corrected chi connectivity index (χ4v) is 2.86. The standard InChI is InChI=1S/C21H22N2O2/c1-14-18(19(23-25-14)15-10-6-5-7-11-15)20(24)22-17-13-9-8-12-16(17)21(2,3)4/h5-13H,1-4H3,(H,22,24). The molecule has 0 bridgehead atoms. The predicted octanol–water partition coefficient (Wildman–Crippen LogP) is 5.20. The van der Waals surface area contributed by atoms with Crippen molar-refractivity contribution in [1.82, 2.24) is 5.16 Å². The minimum atomic E-state index is -0.214. The Balaban J connectivity index is 1.98. The largest absolute Gasteiger partial charge is 0.360 e. The molecule has 25 heavy (non-hydrogen) atoms. The second kappa shape index (κ2) is 6.55. The van der Waals surface area contributed by atoms with Crippen LogP contribution in [0.25, 0.3) is 11.3 Å². The molecule has 0 atom stereocenters. The van der Waals surface area contributed by atoms with Crippen molar-refractivity contribution in [2.24, 2.45) is 0 Å². The van der Waals surface area contributed by atoms with Gasteiger partial charge in [-0.05, 0) is 24.0 Å². The summed E-state index contributed by atoms with van der Waals surface area (Å²) in [7, 11) is 0. The topological polar surface area (TPSA) is 55.1 Å². The van der Waals surface area contributed by atoms with Crippen LogP contribution in [-0.2, 0) is 5.41 Å². The number of aryl methyl sites for hydroxylation is 1. The van der Waals surface area contributed by atoms with E-state index in [4.69, 9.17) is 4.52 Å². The van der Waals surface area contributed by atoms with Gasteiger partial charge in [0.25, 0.3) is 5.91 Å². The minimum Gasteiger partial charge on any atom is -0.360 e. The summed E-state index contributed by atoms with van der Waals surface area (Å²) in [6.07, 6.45) is 0. The lowest BCUT2D eigenvalue weighted by atomic mass is 9.86. The molecule has 0 aliphatic carbocycles. The number of hydrogen-bond acceptors (Lipinski definition) is 3. The van der Waals surface area contributed by atoms with Gasteiger partial charge in [0.1, 0.15) is 17.0 Å². The van der Waals surface area contributed by atoms with Crippen LogP contribution < -0.4 is 5.32 Å². The maximum absolute atomic E-state index is 13.0. The average molecular weight is 334 g/mol. The predicted molar refractivity (Wildman–Crippen MR) is 99.8 cm³/mol. The number of benzene rings is 2. The molecule has 0 radical (unpaired) electrons. The van der Waals surface area contributed by atoms with Crippen LogP contribution in [0.4, 0.5) is 5.69 Å². The van der Waals surface area contributed by atoms with Gasteiger partial charge in [0, 0.05) is 11.3 Å². The zero-order valence-corrected chi connectivity index (χ0v) is 15.0. The zero-order valence-electron chi connectivity index (χ0n) is 15.0. The lowest BCUT2D eigenvalue weighted by Crippen LogP contribution is -2.19. The molecule has 1 N–H and O–H groups in total. The van der Waals surface area contributed by atoms with E-state index in [1.807, 2.05) is 54.6 Å². The zero-order chi connectivity index (χ0) is 18.0. The molecule has 0 saturated carbocycles. The number of nitrogens with zero attached hydrogens (tertiary/aromatic N) is 1. The molecule has 0 unspecified atom stereocenters. The van der Waals surface area contributed by atoms with Gasteiger partial charge in [-0.2, -0.15) is 0 Å². The lowest BCUT2D eigenvalue weighted by Gasteiger charge is -2.23. The van der Waals surface area contributed by atoms with Crippen LogP contribution in [0.3, 0.4) is 0 Å². The third-order valence-corrected chi connectivity index (χ3v) is 4.12. The quantitative estimate of drug-likeness (QED) is 0.716. The summed E-state index contributed by atoms with van der Waals surface area (Å²) in [5.41, 5.74) is 3.70. The van der Waals surface area contributed by atoms with E-state index in [1.165, 1.54) is 0 Å². The average Bonchev–Trinajstić information content (AvgIpc) is 2.97. The molecule has 0 saturated heterocycles. The van der Waals surface area contributed by atoms with Crippen molar-refractivity contribution in [1.29, 1.82) is 0 Å². The van der Waals surface area contributed by atoms with Gasteiger partial charge in [-0.25, -0.2) is 0 Å². The molecule has 4 heteroatoms. The molecular formula is C21H22N2O2. The van der Waals surface area contributed by atoms with E-state index in [-0.39, 0.29) is 11.3 Å². The van der Waals surface area contributed by atoms with Gasteiger partial charge in [0.05, 0.1) is 0 Å². The van der Waals surface area contributed by atoms with Crippen LogP contribution in [0.5, 0.6) is 0 Å². The van der Waals surface area contributed by atoms with Crippen molar-refractivity contribution >= 4 is 11.6 Å². The molecule has 0 fully saturated rings. The first-order valence-corrected chi connectivity index (χ1v) is 8.30. The number of nitrogens with one attached hydrogen (secondary N) is 1. The molecule has 1 heterocycles. The van der Waals surface area contributed by atoms with E-state index in [9.17, 15) is 4.79 Å². The van der Waals surface area contributed by atoms with Gasteiger partial charge in [0.2, 0.25) is 0 Å². The number of anilines is 1. The van der Waals surface area contributed by atoms with Crippen molar-refractivity contribution < 1.29 is 9.32 Å². The molecule has 0 aliphatic rings. The number of amides is 1. The Morgan fingerprint density at radius 2 is 1.64 bits per heavy atom. The third-order valence-electron chi connectivity index (χ3n) is 4.12. The molecule has 1 amide bonds. The minimum absolute atomic E-state index is 0.0736. The first kappa shape index (κ1) is 17.0. The lowest BCUT2D eigenvalue weighted by molar-refractivity contribution is 0.102. The summed E-state index contributed by atoms with van der Waals surface area (Å²) in [4.78, 5) is 13.0. The highest BCUT2D eigenvalue weighted by atomic mass is 16.5. The molecule has 0 spiro atoms. The third kappa shape index (κ3) is 3.48. The Hall–Kier alpha value is -2.88. The first-order chi connectivity index (χ1) is 11.9. The summed E-state index contributed by atoms with van der Waals surface area (Å²) in [6, 6.07) is 17.4. The first-order valence-electron chi connectivity index (χ1n) is 8.30. The Morgan fingerprint density at radius 1 is 1.00 bits per heavy atom. The Morgan fingerprint density at radius 3 is 2.32 bits per heavy atom. The SMILES string of the molecule is Cc1onc(-c2ccccc2)c1C(=O)Nc1ccccc1C(C)(C)C. The number of carbonyl (C=O) groups is 1. The number of para-hydroxylation sites is 1. The molecule has 2 aromatic carbocycles. The smallest absolute Gasteiger partial charge is 0.261 e. The molecule has 3 rings (SSSR count). The van der Waals surface area contributed by atoms with E-state index in [0.717, 1.165) is 16.8 Å². The van der Waals surface area contributed by atoms with Crippen LogP contribution in [0, 0.1) is 6.92 Å². The maximum atomic E-state index is 13.0. The summed E-state index contributed by atoms with van der Waals surface area (Å²) in [5.74, 6) is 0.291. The molecular weight excluding hydrogens is 312 g/mol. The molecule has 128 valence electrons.